The van der Waals surface area contributed by atoms with E-state index in [1.54, 1.807) is 4.90 Å². The number of hydrogen-bond donors (Lipinski definition) is 1. The summed E-state index contributed by atoms with van der Waals surface area (Å²) in [6.45, 7) is 4.27. The van der Waals surface area contributed by atoms with Gasteiger partial charge in [-0.25, -0.2) is 8.42 Å². The zero-order valence-electron chi connectivity index (χ0n) is 16.3. The number of hydrogen-bond acceptors (Lipinski definition) is 4. The van der Waals surface area contributed by atoms with E-state index in [0.29, 0.717) is 13.0 Å². The molecule has 1 heterocycles. The van der Waals surface area contributed by atoms with Crippen molar-refractivity contribution in [3.8, 4) is 11.1 Å². The molecule has 2 aromatic rings. The maximum Gasteiger partial charge on any atom is 0.245 e. The topological polar surface area (TPSA) is 66.5 Å². The molecule has 1 saturated heterocycles. The van der Waals surface area contributed by atoms with Crippen molar-refractivity contribution < 1.29 is 13.2 Å². The summed E-state index contributed by atoms with van der Waals surface area (Å²) < 4.78 is 23.6. The molecule has 1 aliphatic heterocycles. The molecule has 1 aliphatic carbocycles. The zero-order chi connectivity index (χ0) is 19.9. The van der Waals surface area contributed by atoms with E-state index in [1.165, 1.54) is 22.3 Å². The Balaban J connectivity index is 1.47. The van der Waals surface area contributed by atoms with Crippen LogP contribution < -0.4 is 5.32 Å². The molecule has 1 N–H and O–H groups in total. The molecule has 1 amide bonds. The van der Waals surface area contributed by atoms with Crippen LogP contribution in [0.4, 0.5) is 5.69 Å². The van der Waals surface area contributed by atoms with Crippen LogP contribution in [0, 0.1) is 0 Å². The minimum absolute atomic E-state index is 0.0478. The molecular formula is C22H26N2O3S. The van der Waals surface area contributed by atoms with Gasteiger partial charge in [0, 0.05) is 18.3 Å². The van der Waals surface area contributed by atoms with Crippen molar-refractivity contribution in [1.29, 1.82) is 0 Å². The van der Waals surface area contributed by atoms with Crippen molar-refractivity contribution in [2.24, 2.45) is 0 Å². The summed E-state index contributed by atoms with van der Waals surface area (Å²) in [4.78, 5) is 14.7. The summed E-state index contributed by atoms with van der Waals surface area (Å²) in [5, 5.41) is 3.32. The Bertz CT molecular complexity index is 1020. The monoisotopic (exact) mass is 398 g/mol. The fraction of sp³-hybridized carbons (Fsp3) is 0.409. The molecular weight excluding hydrogens is 372 g/mol. The third-order valence-electron chi connectivity index (χ3n) is 5.82. The first kappa shape index (κ1) is 19.0. The van der Waals surface area contributed by atoms with E-state index >= 15 is 0 Å². The third kappa shape index (κ3) is 3.53. The molecule has 2 aromatic carbocycles. The molecule has 0 saturated carbocycles. The number of likely N-dealkylation sites (N-methyl/N-ethyl adjacent to an activating group) is 1. The fourth-order valence-electron chi connectivity index (χ4n) is 4.41. The fourth-order valence-corrected chi connectivity index (χ4v) is 6.14. The number of carbonyl (C=O) groups excluding carboxylic acids is 1. The number of fused-ring (bicyclic) bond motifs is 3. The number of nitrogens with one attached hydrogen (secondary N) is 1. The summed E-state index contributed by atoms with van der Waals surface area (Å²) in [6, 6.07) is 14.1. The number of carbonyl (C=O) groups is 1. The lowest BCUT2D eigenvalue weighted by molar-refractivity contribution is -0.133. The van der Waals surface area contributed by atoms with Crippen LogP contribution in [0.3, 0.4) is 0 Å². The highest BCUT2D eigenvalue weighted by molar-refractivity contribution is 7.91. The van der Waals surface area contributed by atoms with Crippen molar-refractivity contribution in [3.05, 3.63) is 53.6 Å². The quantitative estimate of drug-likeness (QED) is 0.717. The lowest BCUT2D eigenvalue weighted by atomic mass is 10.1. The molecule has 6 heteroatoms. The second-order valence-corrected chi connectivity index (χ2v) is 9.98. The van der Waals surface area contributed by atoms with Crippen LogP contribution in [-0.2, 0) is 21.1 Å². The minimum Gasteiger partial charge on any atom is -0.374 e. The van der Waals surface area contributed by atoms with E-state index < -0.39 is 15.9 Å². The SMILES string of the molecule is CCN(C(=O)[C@@H](C)Nc1ccc2c(c1)Cc1ccccc1-2)[C@H]1CCS(=O)(=O)C1. The zero-order valence-corrected chi connectivity index (χ0v) is 17.1. The van der Waals surface area contributed by atoms with E-state index in [4.69, 9.17) is 0 Å². The number of anilines is 1. The highest BCUT2D eigenvalue weighted by Crippen LogP contribution is 2.37. The molecule has 0 radical (unpaired) electrons. The van der Waals surface area contributed by atoms with E-state index in [1.807, 2.05) is 19.9 Å². The number of sulfone groups is 1. The van der Waals surface area contributed by atoms with Crippen LogP contribution in [-0.4, -0.2) is 49.4 Å². The smallest absolute Gasteiger partial charge is 0.245 e. The molecule has 0 unspecified atom stereocenters. The van der Waals surface area contributed by atoms with Crippen LogP contribution in [0.2, 0.25) is 0 Å². The number of nitrogens with zero attached hydrogens (tertiary/aromatic N) is 1. The van der Waals surface area contributed by atoms with Crippen molar-refractivity contribution in [2.45, 2.75) is 38.8 Å². The minimum atomic E-state index is -3.02. The Morgan fingerprint density at radius 2 is 1.93 bits per heavy atom. The van der Waals surface area contributed by atoms with Gasteiger partial charge in [0.25, 0.3) is 0 Å². The molecule has 1 fully saturated rings. The first-order chi connectivity index (χ1) is 13.4. The van der Waals surface area contributed by atoms with Crippen LogP contribution in [0.1, 0.15) is 31.4 Å². The molecule has 2 atom stereocenters. The van der Waals surface area contributed by atoms with Gasteiger partial charge in [0.05, 0.1) is 11.5 Å². The van der Waals surface area contributed by atoms with Gasteiger partial charge < -0.3 is 10.2 Å². The first-order valence-electron chi connectivity index (χ1n) is 9.86. The van der Waals surface area contributed by atoms with E-state index in [2.05, 4.69) is 41.7 Å². The third-order valence-corrected chi connectivity index (χ3v) is 7.57. The average molecular weight is 399 g/mol. The molecule has 0 aromatic heterocycles. The van der Waals surface area contributed by atoms with Crippen LogP contribution in [0.5, 0.6) is 0 Å². The summed E-state index contributed by atoms with van der Waals surface area (Å²) in [7, 11) is -3.02. The van der Waals surface area contributed by atoms with Gasteiger partial charge in [-0.3, -0.25) is 4.79 Å². The number of rotatable bonds is 5. The van der Waals surface area contributed by atoms with Crippen molar-refractivity contribution in [3.63, 3.8) is 0 Å². The number of benzene rings is 2. The van der Waals surface area contributed by atoms with Gasteiger partial charge in [0.1, 0.15) is 6.04 Å². The summed E-state index contributed by atoms with van der Waals surface area (Å²) >= 11 is 0. The molecule has 148 valence electrons. The molecule has 5 nitrogen and oxygen atoms in total. The predicted molar refractivity (Wildman–Crippen MR) is 112 cm³/mol. The van der Waals surface area contributed by atoms with Gasteiger partial charge >= 0.3 is 0 Å². The van der Waals surface area contributed by atoms with E-state index in [0.717, 1.165) is 12.1 Å². The first-order valence-corrected chi connectivity index (χ1v) is 11.7. The Kier molecular flexibility index (Phi) is 4.91. The molecule has 2 aliphatic rings. The van der Waals surface area contributed by atoms with Gasteiger partial charge in [-0.2, -0.15) is 0 Å². The van der Waals surface area contributed by atoms with Crippen LogP contribution in [0.15, 0.2) is 42.5 Å². The van der Waals surface area contributed by atoms with E-state index in [9.17, 15) is 13.2 Å². The van der Waals surface area contributed by atoms with Gasteiger partial charge in [-0.05, 0) is 61.1 Å². The summed E-state index contributed by atoms with van der Waals surface area (Å²) in [5.41, 5.74) is 6.06. The van der Waals surface area contributed by atoms with E-state index in [-0.39, 0.29) is 23.5 Å². The highest BCUT2D eigenvalue weighted by Gasteiger charge is 2.35. The molecule has 0 bridgehead atoms. The standard InChI is InChI=1S/C22H26N2O3S/c1-3-24(19-10-11-28(26,27)14-19)22(25)15(2)23-18-8-9-21-17(13-18)12-16-6-4-5-7-20(16)21/h4-9,13,15,19,23H,3,10-12,14H2,1-2H3/t15-,19+/m1/s1. The lowest BCUT2D eigenvalue weighted by Gasteiger charge is -2.30. The van der Waals surface area contributed by atoms with Gasteiger partial charge in [0.2, 0.25) is 5.91 Å². The Morgan fingerprint density at radius 3 is 2.64 bits per heavy atom. The Morgan fingerprint density at radius 1 is 1.18 bits per heavy atom. The molecule has 0 spiro atoms. The summed E-state index contributed by atoms with van der Waals surface area (Å²) in [6.07, 6.45) is 1.44. The second kappa shape index (κ2) is 7.24. The van der Waals surface area contributed by atoms with Crippen molar-refractivity contribution >= 4 is 21.4 Å². The second-order valence-electron chi connectivity index (χ2n) is 7.75. The Labute approximate surface area is 166 Å². The normalized spacial score (nSPS) is 20.3. The maximum absolute atomic E-state index is 13.0. The van der Waals surface area contributed by atoms with Gasteiger partial charge in [-0.1, -0.05) is 30.3 Å². The van der Waals surface area contributed by atoms with Gasteiger partial charge in [-0.15, -0.1) is 0 Å². The molecule has 28 heavy (non-hydrogen) atoms. The van der Waals surface area contributed by atoms with Crippen LogP contribution >= 0.6 is 0 Å². The Hall–Kier alpha value is -2.34. The van der Waals surface area contributed by atoms with Crippen LogP contribution in [0.25, 0.3) is 11.1 Å². The largest absolute Gasteiger partial charge is 0.374 e. The van der Waals surface area contributed by atoms with Crippen molar-refractivity contribution in [1.82, 2.24) is 4.90 Å². The average Bonchev–Trinajstić information content (AvgIpc) is 3.21. The molecule has 4 rings (SSSR count). The van der Waals surface area contributed by atoms with Crippen molar-refractivity contribution in [2.75, 3.05) is 23.4 Å². The van der Waals surface area contributed by atoms with Gasteiger partial charge in [0.15, 0.2) is 9.84 Å². The number of amides is 1. The predicted octanol–water partition coefficient (Wildman–Crippen LogP) is 3.09. The lowest BCUT2D eigenvalue weighted by Crippen LogP contribution is -2.47. The summed E-state index contributed by atoms with van der Waals surface area (Å²) in [5.74, 6) is 0.207. The highest BCUT2D eigenvalue weighted by atomic mass is 32.2. The maximum atomic E-state index is 13.0.